The van der Waals surface area contributed by atoms with Crippen LogP contribution in [0.25, 0.3) is 0 Å². The fourth-order valence-corrected chi connectivity index (χ4v) is 2.36. The highest BCUT2D eigenvalue weighted by atomic mass is 79.9. The van der Waals surface area contributed by atoms with Crippen molar-refractivity contribution >= 4 is 39.5 Å². The number of anilines is 1. The molecule has 2 rings (SSSR count). The van der Waals surface area contributed by atoms with E-state index >= 15 is 0 Å². The topological polar surface area (TPSA) is 98.5 Å². The Morgan fingerprint density at radius 3 is 2.64 bits per heavy atom. The molecule has 25 heavy (non-hydrogen) atoms. The Morgan fingerprint density at radius 2 is 2.04 bits per heavy atom. The third-order valence-corrected chi connectivity index (χ3v) is 3.59. The standard InChI is InChI=1S/C15H9BrF2N2O5/c16-11-4-9(17)5-12(18)15(11)19-14(22)7-25-13-2-1-10(20(23)24)3-8(13)6-21/h1-6H,7H2,(H,19,22). The fraction of sp³-hybridized carbons (Fsp3) is 0.0667. The number of halogens is 3. The molecule has 1 N–H and O–H groups in total. The van der Waals surface area contributed by atoms with E-state index in [4.69, 9.17) is 4.74 Å². The molecule has 7 nitrogen and oxygen atoms in total. The molecule has 0 bridgehead atoms. The molecular formula is C15H9BrF2N2O5. The molecule has 0 heterocycles. The second-order valence-electron chi connectivity index (χ2n) is 4.68. The molecule has 0 aromatic heterocycles. The third kappa shape index (κ3) is 4.57. The molecule has 0 radical (unpaired) electrons. The summed E-state index contributed by atoms with van der Waals surface area (Å²) >= 11 is 2.92. The molecule has 0 aliphatic rings. The summed E-state index contributed by atoms with van der Waals surface area (Å²) in [6, 6.07) is 4.85. The lowest BCUT2D eigenvalue weighted by molar-refractivity contribution is -0.384. The minimum atomic E-state index is -0.982. The molecule has 0 saturated carbocycles. The van der Waals surface area contributed by atoms with Gasteiger partial charge in [-0.15, -0.1) is 0 Å². The Morgan fingerprint density at radius 1 is 1.32 bits per heavy atom. The van der Waals surface area contributed by atoms with Crippen molar-refractivity contribution in [3.63, 3.8) is 0 Å². The number of benzene rings is 2. The number of amides is 1. The predicted molar refractivity (Wildman–Crippen MR) is 86.7 cm³/mol. The van der Waals surface area contributed by atoms with E-state index < -0.39 is 29.1 Å². The van der Waals surface area contributed by atoms with Crippen molar-refractivity contribution in [1.82, 2.24) is 0 Å². The number of nitrogens with zero attached hydrogens (tertiary/aromatic N) is 1. The summed E-state index contributed by atoms with van der Waals surface area (Å²) in [6.07, 6.45) is 0.344. The number of carbonyl (C=O) groups is 2. The highest BCUT2D eigenvalue weighted by Crippen LogP contribution is 2.27. The van der Waals surface area contributed by atoms with Crippen LogP contribution in [-0.2, 0) is 4.79 Å². The van der Waals surface area contributed by atoms with Gasteiger partial charge in [0.2, 0.25) is 0 Å². The number of non-ortho nitro benzene ring substituents is 1. The van der Waals surface area contributed by atoms with Gasteiger partial charge >= 0.3 is 0 Å². The summed E-state index contributed by atoms with van der Waals surface area (Å²) in [4.78, 5) is 32.8. The van der Waals surface area contributed by atoms with E-state index in [2.05, 4.69) is 21.2 Å². The maximum atomic E-state index is 13.6. The van der Waals surface area contributed by atoms with Gasteiger partial charge in [0.25, 0.3) is 11.6 Å². The SMILES string of the molecule is O=Cc1cc([N+](=O)[O-])ccc1OCC(=O)Nc1c(F)cc(F)cc1Br. The first kappa shape index (κ1) is 18.5. The predicted octanol–water partition coefficient (Wildman–Crippen LogP) is 3.47. The van der Waals surface area contributed by atoms with E-state index in [1.807, 2.05) is 0 Å². The number of ether oxygens (including phenoxy) is 1. The maximum Gasteiger partial charge on any atom is 0.270 e. The van der Waals surface area contributed by atoms with Gasteiger partial charge in [-0.1, -0.05) is 0 Å². The number of carbonyl (C=O) groups excluding carboxylic acids is 2. The van der Waals surface area contributed by atoms with Gasteiger partial charge < -0.3 is 10.1 Å². The second-order valence-corrected chi connectivity index (χ2v) is 5.53. The van der Waals surface area contributed by atoms with Crippen molar-refractivity contribution in [2.45, 2.75) is 0 Å². The second kappa shape index (κ2) is 7.79. The van der Waals surface area contributed by atoms with Crippen LogP contribution >= 0.6 is 15.9 Å². The monoisotopic (exact) mass is 414 g/mol. The van der Waals surface area contributed by atoms with Gasteiger partial charge in [-0.05, 0) is 28.1 Å². The molecular weight excluding hydrogens is 406 g/mol. The number of nitro groups is 1. The average Bonchev–Trinajstić information content (AvgIpc) is 2.55. The quantitative estimate of drug-likeness (QED) is 0.443. The van der Waals surface area contributed by atoms with E-state index in [1.54, 1.807) is 0 Å². The lowest BCUT2D eigenvalue weighted by Gasteiger charge is -2.11. The third-order valence-electron chi connectivity index (χ3n) is 2.96. The van der Waals surface area contributed by atoms with Crippen LogP contribution in [0.1, 0.15) is 10.4 Å². The van der Waals surface area contributed by atoms with Crippen molar-refractivity contribution in [2.24, 2.45) is 0 Å². The molecule has 2 aromatic carbocycles. The largest absolute Gasteiger partial charge is 0.483 e. The van der Waals surface area contributed by atoms with Crippen LogP contribution in [0.3, 0.4) is 0 Å². The van der Waals surface area contributed by atoms with Crippen LogP contribution in [0.4, 0.5) is 20.2 Å². The molecule has 0 atom stereocenters. The summed E-state index contributed by atoms with van der Waals surface area (Å²) in [5.41, 5.74) is -0.693. The number of nitro benzene ring substituents is 1. The molecule has 130 valence electrons. The van der Waals surface area contributed by atoms with Crippen LogP contribution in [0.2, 0.25) is 0 Å². The number of aldehydes is 1. The Labute approximate surface area is 147 Å². The van der Waals surface area contributed by atoms with Crippen LogP contribution in [-0.4, -0.2) is 23.7 Å². The fourth-order valence-electron chi connectivity index (χ4n) is 1.85. The molecule has 0 aliphatic heterocycles. The molecule has 2 aromatic rings. The van der Waals surface area contributed by atoms with E-state index in [-0.39, 0.29) is 27.2 Å². The number of nitrogens with one attached hydrogen (secondary N) is 1. The van der Waals surface area contributed by atoms with Crippen LogP contribution < -0.4 is 10.1 Å². The Kier molecular flexibility index (Phi) is 5.75. The van der Waals surface area contributed by atoms with Crippen LogP contribution in [0.15, 0.2) is 34.8 Å². The van der Waals surface area contributed by atoms with Gasteiger partial charge in [0.05, 0.1) is 16.2 Å². The van der Waals surface area contributed by atoms with E-state index in [1.165, 1.54) is 6.07 Å². The zero-order valence-corrected chi connectivity index (χ0v) is 13.9. The summed E-state index contributed by atoms with van der Waals surface area (Å²) in [5.74, 6) is -2.62. The highest BCUT2D eigenvalue weighted by Gasteiger charge is 2.15. The zero-order valence-electron chi connectivity index (χ0n) is 12.3. The lowest BCUT2D eigenvalue weighted by atomic mass is 10.2. The van der Waals surface area contributed by atoms with Crippen molar-refractivity contribution in [3.8, 4) is 5.75 Å². The van der Waals surface area contributed by atoms with Gasteiger partial charge in [-0.2, -0.15) is 0 Å². The Hall–Kier alpha value is -2.88. The maximum absolute atomic E-state index is 13.6. The smallest absolute Gasteiger partial charge is 0.270 e. The summed E-state index contributed by atoms with van der Waals surface area (Å²) in [6.45, 7) is -0.595. The van der Waals surface area contributed by atoms with E-state index in [0.717, 1.165) is 18.2 Å². The summed E-state index contributed by atoms with van der Waals surface area (Å²) in [5, 5.41) is 12.8. The van der Waals surface area contributed by atoms with Crippen LogP contribution in [0.5, 0.6) is 5.75 Å². The van der Waals surface area contributed by atoms with Gasteiger partial charge in [-0.3, -0.25) is 19.7 Å². The normalized spacial score (nSPS) is 10.2. The summed E-state index contributed by atoms with van der Waals surface area (Å²) < 4.78 is 31.8. The summed E-state index contributed by atoms with van der Waals surface area (Å²) in [7, 11) is 0. The Bertz CT molecular complexity index is 837. The molecule has 0 unspecified atom stereocenters. The Balaban J connectivity index is 2.08. The minimum Gasteiger partial charge on any atom is -0.483 e. The van der Waals surface area contributed by atoms with Gasteiger partial charge in [0, 0.05) is 22.7 Å². The van der Waals surface area contributed by atoms with Crippen molar-refractivity contribution in [2.75, 3.05) is 11.9 Å². The number of hydrogen-bond donors (Lipinski definition) is 1. The van der Waals surface area contributed by atoms with Crippen LogP contribution in [0, 0.1) is 21.7 Å². The number of hydrogen-bond acceptors (Lipinski definition) is 5. The lowest BCUT2D eigenvalue weighted by Crippen LogP contribution is -2.21. The molecule has 0 saturated heterocycles. The molecule has 0 spiro atoms. The molecule has 0 aliphatic carbocycles. The molecule has 0 fully saturated rings. The van der Waals surface area contributed by atoms with Crippen molar-refractivity contribution in [3.05, 3.63) is 62.1 Å². The van der Waals surface area contributed by atoms with E-state index in [0.29, 0.717) is 12.4 Å². The number of rotatable bonds is 6. The van der Waals surface area contributed by atoms with Gasteiger partial charge in [-0.25, -0.2) is 8.78 Å². The first-order chi connectivity index (χ1) is 11.8. The zero-order chi connectivity index (χ0) is 18.6. The van der Waals surface area contributed by atoms with E-state index in [9.17, 15) is 28.5 Å². The van der Waals surface area contributed by atoms with Crippen molar-refractivity contribution < 1.29 is 28.0 Å². The van der Waals surface area contributed by atoms with Gasteiger partial charge in [0.1, 0.15) is 11.6 Å². The first-order valence-corrected chi connectivity index (χ1v) is 7.42. The highest BCUT2D eigenvalue weighted by molar-refractivity contribution is 9.10. The average molecular weight is 415 g/mol. The van der Waals surface area contributed by atoms with Gasteiger partial charge in [0.15, 0.2) is 18.7 Å². The minimum absolute atomic E-state index is 0.00210. The van der Waals surface area contributed by atoms with Crippen molar-refractivity contribution in [1.29, 1.82) is 0 Å². The molecule has 10 heteroatoms. The molecule has 1 amide bonds. The first-order valence-electron chi connectivity index (χ1n) is 6.62.